The number of rotatable bonds is 17. The van der Waals surface area contributed by atoms with Crippen molar-refractivity contribution in [3.8, 4) is 5.75 Å². The molecule has 1 fully saturated rings. The van der Waals surface area contributed by atoms with Crippen LogP contribution in [-0.4, -0.2) is 71.8 Å². The molecule has 0 spiro atoms. The van der Waals surface area contributed by atoms with Gasteiger partial charge in [0, 0.05) is 0 Å². The normalized spacial score (nSPS) is 16.7. The van der Waals surface area contributed by atoms with Crippen LogP contribution in [0.5, 0.6) is 5.75 Å². The van der Waals surface area contributed by atoms with Crippen molar-refractivity contribution in [3.63, 3.8) is 0 Å². The summed E-state index contributed by atoms with van der Waals surface area (Å²) in [5, 5.41) is 4.31. The Morgan fingerprint density at radius 3 is 1.94 bits per heavy atom. The topological polar surface area (TPSA) is 144 Å². The van der Waals surface area contributed by atoms with Gasteiger partial charge in [-0.3, -0.25) is 19.2 Å². The Kier molecular flexibility index (Phi) is 13.8. The molecule has 11 nitrogen and oxygen atoms in total. The molecular weight excluding hydrogens is 697 g/mol. The molecule has 1 saturated heterocycles. The number of hydrogen-bond acceptors (Lipinski definition) is 9. The van der Waals surface area contributed by atoms with E-state index in [4.69, 9.17) is 14.2 Å². The number of nitrogens with one attached hydrogen (secondary N) is 1. The van der Waals surface area contributed by atoms with Gasteiger partial charge in [-0.25, -0.2) is 0 Å². The van der Waals surface area contributed by atoms with Crippen molar-refractivity contribution >= 4 is 34.9 Å². The number of likely N-dealkylation sites (tertiary alicyclic amines) is 1. The second-order valence-electron chi connectivity index (χ2n) is 12.3. The third kappa shape index (κ3) is 10.3. The summed E-state index contributed by atoms with van der Waals surface area (Å²) >= 11 is -1.61. The molecule has 0 saturated carbocycles. The minimum absolute atomic E-state index is 0.00408. The van der Waals surface area contributed by atoms with Gasteiger partial charge in [0.15, 0.2) is 6.10 Å². The highest BCUT2D eigenvalue weighted by Crippen LogP contribution is 2.34. The Hall–Kier alpha value is -5.43. The van der Waals surface area contributed by atoms with Crippen LogP contribution in [0.1, 0.15) is 47.8 Å². The summed E-state index contributed by atoms with van der Waals surface area (Å²) in [5.74, 6) is -1.61. The molecule has 0 aromatic heterocycles. The van der Waals surface area contributed by atoms with E-state index in [1.165, 1.54) is 17.4 Å². The highest BCUT2D eigenvalue weighted by molar-refractivity contribution is 7.94. The van der Waals surface area contributed by atoms with Gasteiger partial charge in [0.1, 0.15) is 42.2 Å². The summed E-state index contributed by atoms with van der Waals surface area (Å²) in [6.45, 7) is 1.23. The fourth-order valence-corrected chi connectivity index (χ4v) is 7.00. The summed E-state index contributed by atoms with van der Waals surface area (Å²) in [4.78, 5) is 54.0. The Morgan fingerprint density at radius 2 is 1.40 bits per heavy atom. The Balaban J connectivity index is 1.38. The van der Waals surface area contributed by atoms with Crippen LogP contribution in [0.25, 0.3) is 0 Å². The molecule has 4 aromatic rings. The minimum Gasteiger partial charge on any atom is -0.612 e. The molecule has 0 radical (unpaired) electrons. The predicted octanol–water partition coefficient (Wildman–Crippen LogP) is 5.20. The first-order valence-corrected chi connectivity index (χ1v) is 18.4. The van der Waals surface area contributed by atoms with E-state index in [0.29, 0.717) is 16.9 Å². The van der Waals surface area contributed by atoms with E-state index in [0.717, 1.165) is 16.7 Å². The van der Waals surface area contributed by atoms with E-state index in [1.807, 2.05) is 66.7 Å². The lowest BCUT2D eigenvalue weighted by atomic mass is 9.89. The standard InChI is InChI=1S/C41H42N2O9S/c1-28(27-53(48)24-23-34(44)50-3)37-36(41(47)43(37)25-35(45)51-26-29-19-21-33(49-2)22-20-29)42-40(46)39(32-17-11-6-12-18-32)52-38(30-13-7-4-8-14-30)31-15-9-5-10-16-31/h4-22,27,36-39H,23-26H2,1-3H3,(H,42,46). The number of carbonyl (C=O) groups excluding carboxylic acids is 4. The first-order chi connectivity index (χ1) is 25.7. The van der Waals surface area contributed by atoms with Gasteiger partial charge in [0.2, 0.25) is 5.91 Å². The van der Waals surface area contributed by atoms with Gasteiger partial charge in [-0.05, 0) is 58.1 Å². The molecular formula is C41H42N2O9S. The number of esters is 2. The Bertz CT molecular complexity index is 1820. The molecule has 2 amide bonds. The quantitative estimate of drug-likeness (QED) is 0.0879. The van der Waals surface area contributed by atoms with E-state index in [-0.39, 0.29) is 18.8 Å². The van der Waals surface area contributed by atoms with Crippen LogP contribution in [0.3, 0.4) is 0 Å². The molecule has 0 aliphatic carbocycles. The van der Waals surface area contributed by atoms with E-state index in [2.05, 4.69) is 10.1 Å². The zero-order valence-electron chi connectivity index (χ0n) is 29.7. The van der Waals surface area contributed by atoms with Crippen molar-refractivity contribution in [3.05, 3.63) is 148 Å². The molecule has 4 aromatic carbocycles. The maximum absolute atomic E-state index is 14.3. The molecule has 5 rings (SSSR count). The van der Waals surface area contributed by atoms with E-state index >= 15 is 0 Å². The number of nitrogens with zero attached hydrogens (tertiary/aromatic N) is 1. The molecule has 276 valence electrons. The Labute approximate surface area is 312 Å². The summed E-state index contributed by atoms with van der Waals surface area (Å²) in [5.41, 5.74) is 3.42. The van der Waals surface area contributed by atoms with Crippen molar-refractivity contribution in [2.24, 2.45) is 0 Å². The largest absolute Gasteiger partial charge is 0.612 e. The van der Waals surface area contributed by atoms with Gasteiger partial charge in [-0.15, -0.1) is 0 Å². The first kappa shape index (κ1) is 38.8. The number of amides is 2. The fraction of sp³-hybridized carbons (Fsp3) is 0.268. The van der Waals surface area contributed by atoms with Crippen LogP contribution in [0.4, 0.5) is 0 Å². The third-order valence-corrected chi connectivity index (χ3v) is 9.93. The molecule has 1 aliphatic heterocycles. The van der Waals surface area contributed by atoms with Gasteiger partial charge in [0.05, 0.1) is 26.7 Å². The second kappa shape index (κ2) is 18.9. The average Bonchev–Trinajstić information content (AvgIpc) is 3.19. The van der Waals surface area contributed by atoms with Crippen LogP contribution in [0.2, 0.25) is 0 Å². The molecule has 53 heavy (non-hydrogen) atoms. The number of ether oxygens (including phenoxy) is 4. The van der Waals surface area contributed by atoms with Crippen molar-refractivity contribution < 1.29 is 42.7 Å². The lowest BCUT2D eigenvalue weighted by Crippen LogP contribution is -2.72. The van der Waals surface area contributed by atoms with Crippen LogP contribution < -0.4 is 10.1 Å². The zero-order valence-corrected chi connectivity index (χ0v) is 30.5. The van der Waals surface area contributed by atoms with Gasteiger partial charge < -0.3 is 33.7 Å². The fourth-order valence-electron chi connectivity index (χ4n) is 5.96. The first-order valence-electron chi connectivity index (χ1n) is 17.0. The highest BCUT2D eigenvalue weighted by atomic mass is 32.2. The third-order valence-electron chi connectivity index (χ3n) is 8.69. The predicted molar refractivity (Wildman–Crippen MR) is 199 cm³/mol. The molecule has 1 heterocycles. The Morgan fingerprint density at radius 1 is 0.830 bits per heavy atom. The average molecular weight is 739 g/mol. The van der Waals surface area contributed by atoms with Crippen molar-refractivity contribution in [1.82, 2.24) is 10.2 Å². The van der Waals surface area contributed by atoms with E-state index < -0.39 is 65.8 Å². The van der Waals surface area contributed by atoms with Crippen LogP contribution in [0, 0.1) is 0 Å². The molecule has 12 heteroatoms. The number of hydrogen-bond donors (Lipinski definition) is 1. The van der Waals surface area contributed by atoms with Gasteiger partial charge in [0.25, 0.3) is 5.91 Å². The SMILES string of the molecule is COC(=O)CC[S+]([O-])C=C(C)C1C(NC(=O)C(OC(c2ccccc2)c2ccccc2)c2ccccc2)C(=O)N1CC(=O)OCc1ccc(OC)cc1. The zero-order chi connectivity index (χ0) is 37.7. The molecule has 1 aliphatic rings. The monoisotopic (exact) mass is 738 g/mol. The molecule has 4 unspecified atom stereocenters. The summed E-state index contributed by atoms with van der Waals surface area (Å²) in [6, 6.07) is 33.1. The maximum atomic E-state index is 14.3. The lowest BCUT2D eigenvalue weighted by Gasteiger charge is -2.47. The summed E-state index contributed by atoms with van der Waals surface area (Å²) in [6.07, 6.45) is -1.84. The smallest absolute Gasteiger partial charge is 0.326 e. The van der Waals surface area contributed by atoms with Crippen molar-refractivity contribution in [1.29, 1.82) is 0 Å². The van der Waals surface area contributed by atoms with Gasteiger partial charge in [-0.1, -0.05) is 103 Å². The highest BCUT2D eigenvalue weighted by Gasteiger charge is 2.51. The van der Waals surface area contributed by atoms with E-state index in [9.17, 15) is 23.7 Å². The molecule has 4 atom stereocenters. The van der Waals surface area contributed by atoms with E-state index in [1.54, 1.807) is 62.6 Å². The van der Waals surface area contributed by atoms with Gasteiger partial charge >= 0.3 is 11.9 Å². The second-order valence-corrected chi connectivity index (χ2v) is 13.7. The number of benzene rings is 4. The van der Waals surface area contributed by atoms with Crippen molar-refractivity contribution in [2.75, 3.05) is 26.5 Å². The summed E-state index contributed by atoms with van der Waals surface area (Å²) in [7, 11) is 2.80. The van der Waals surface area contributed by atoms with Gasteiger partial charge in [-0.2, -0.15) is 0 Å². The minimum atomic E-state index is -1.61. The lowest BCUT2D eigenvalue weighted by molar-refractivity contribution is -0.162. The number of carbonyl (C=O) groups is 4. The van der Waals surface area contributed by atoms with Crippen LogP contribution in [-0.2, 0) is 51.2 Å². The maximum Gasteiger partial charge on any atom is 0.326 e. The molecule has 0 bridgehead atoms. The van der Waals surface area contributed by atoms with Crippen molar-refractivity contribution in [2.45, 2.75) is 44.2 Å². The number of β-lactam (4-membered cyclic amide) rings is 1. The summed E-state index contributed by atoms with van der Waals surface area (Å²) < 4.78 is 34.9. The van der Waals surface area contributed by atoms with Crippen LogP contribution >= 0.6 is 0 Å². The van der Waals surface area contributed by atoms with Crippen LogP contribution in [0.15, 0.2) is 126 Å². The number of methoxy groups -OCH3 is 2. The molecule has 1 N–H and O–H groups in total.